The fraction of sp³-hybridized carbons (Fsp3) is 0.750. The van der Waals surface area contributed by atoms with Crippen LogP contribution in [0.25, 0.3) is 0 Å². The summed E-state index contributed by atoms with van der Waals surface area (Å²) in [6, 6.07) is 0. The third-order valence-corrected chi connectivity index (χ3v) is 2.71. The van der Waals surface area contributed by atoms with Crippen molar-refractivity contribution in [2.75, 3.05) is 7.05 Å². The molecule has 0 rings (SSSR count). The average Bonchev–Trinajstić information content (AvgIpc) is 2.22. The molecule has 0 aliphatic carbocycles. The van der Waals surface area contributed by atoms with Crippen molar-refractivity contribution in [3.63, 3.8) is 0 Å². The molecule has 0 saturated heterocycles. The molecule has 1 N–H and O–H groups in total. The van der Waals surface area contributed by atoms with Gasteiger partial charge in [-0.05, 0) is 53.3 Å². The first-order chi connectivity index (χ1) is 6.65. The SMILES string of the molecule is CC=NC(CC/C(C)=C(/C)CC)NC. The van der Waals surface area contributed by atoms with Crippen LogP contribution in [-0.4, -0.2) is 19.4 Å². The largest absolute Gasteiger partial charge is 0.299 e. The molecule has 14 heavy (non-hydrogen) atoms. The molecule has 1 unspecified atom stereocenters. The Kier molecular flexibility index (Phi) is 7.40. The van der Waals surface area contributed by atoms with Crippen molar-refractivity contribution >= 4 is 6.21 Å². The smallest absolute Gasteiger partial charge is 0.0990 e. The highest BCUT2D eigenvalue weighted by atomic mass is 15.0. The lowest BCUT2D eigenvalue weighted by molar-refractivity contribution is 0.543. The van der Waals surface area contributed by atoms with E-state index in [2.05, 4.69) is 31.1 Å². The second-order valence-corrected chi connectivity index (χ2v) is 3.66. The number of hydrogen-bond acceptors (Lipinski definition) is 2. The Morgan fingerprint density at radius 3 is 2.43 bits per heavy atom. The molecule has 0 aliphatic rings. The van der Waals surface area contributed by atoms with Gasteiger partial charge in [0.2, 0.25) is 0 Å². The lowest BCUT2D eigenvalue weighted by Gasteiger charge is -2.12. The summed E-state index contributed by atoms with van der Waals surface area (Å²) in [6.45, 7) is 8.61. The number of hydrogen-bond donors (Lipinski definition) is 1. The van der Waals surface area contributed by atoms with Gasteiger partial charge in [-0.25, -0.2) is 0 Å². The maximum atomic E-state index is 4.34. The van der Waals surface area contributed by atoms with E-state index >= 15 is 0 Å². The predicted molar refractivity (Wildman–Crippen MR) is 64.9 cm³/mol. The van der Waals surface area contributed by atoms with Gasteiger partial charge in [0.15, 0.2) is 0 Å². The zero-order valence-electron chi connectivity index (χ0n) is 10.2. The lowest BCUT2D eigenvalue weighted by atomic mass is 10.0. The van der Waals surface area contributed by atoms with Gasteiger partial charge in [0.05, 0.1) is 6.17 Å². The van der Waals surface area contributed by atoms with E-state index in [1.54, 1.807) is 0 Å². The van der Waals surface area contributed by atoms with Gasteiger partial charge in [0.25, 0.3) is 0 Å². The van der Waals surface area contributed by atoms with E-state index in [4.69, 9.17) is 0 Å². The summed E-state index contributed by atoms with van der Waals surface area (Å²) < 4.78 is 0. The number of allylic oxidation sites excluding steroid dienone is 2. The van der Waals surface area contributed by atoms with Gasteiger partial charge < -0.3 is 0 Å². The van der Waals surface area contributed by atoms with Crippen molar-refractivity contribution in [2.24, 2.45) is 4.99 Å². The second kappa shape index (κ2) is 7.74. The highest BCUT2D eigenvalue weighted by Crippen LogP contribution is 2.14. The van der Waals surface area contributed by atoms with Gasteiger partial charge in [-0.15, -0.1) is 0 Å². The Balaban J connectivity index is 4.03. The first-order valence-corrected chi connectivity index (χ1v) is 5.45. The highest BCUT2D eigenvalue weighted by Gasteiger charge is 2.03. The molecule has 0 fully saturated rings. The highest BCUT2D eigenvalue weighted by molar-refractivity contribution is 5.53. The Labute approximate surface area is 88.5 Å². The molecule has 0 radical (unpaired) electrons. The van der Waals surface area contributed by atoms with Crippen molar-refractivity contribution in [1.29, 1.82) is 0 Å². The Bertz CT molecular complexity index is 204. The lowest BCUT2D eigenvalue weighted by Crippen LogP contribution is -2.22. The third-order valence-electron chi connectivity index (χ3n) is 2.71. The molecule has 82 valence electrons. The van der Waals surface area contributed by atoms with Gasteiger partial charge in [-0.2, -0.15) is 0 Å². The van der Waals surface area contributed by atoms with Crippen LogP contribution in [-0.2, 0) is 0 Å². The van der Waals surface area contributed by atoms with E-state index < -0.39 is 0 Å². The van der Waals surface area contributed by atoms with E-state index in [1.807, 2.05) is 20.2 Å². The minimum Gasteiger partial charge on any atom is -0.299 e. The van der Waals surface area contributed by atoms with E-state index in [9.17, 15) is 0 Å². The number of nitrogens with one attached hydrogen (secondary N) is 1. The summed E-state index contributed by atoms with van der Waals surface area (Å²) in [4.78, 5) is 4.34. The molecular formula is C12H24N2. The van der Waals surface area contributed by atoms with E-state index in [0.717, 1.165) is 19.3 Å². The van der Waals surface area contributed by atoms with Crippen LogP contribution in [0.4, 0.5) is 0 Å². The van der Waals surface area contributed by atoms with Crippen molar-refractivity contribution in [1.82, 2.24) is 5.32 Å². The molecule has 0 spiro atoms. The fourth-order valence-electron chi connectivity index (χ4n) is 1.34. The van der Waals surface area contributed by atoms with Crippen LogP contribution < -0.4 is 5.32 Å². The third kappa shape index (κ3) is 5.18. The van der Waals surface area contributed by atoms with Gasteiger partial charge in [0.1, 0.15) is 0 Å². The normalized spacial score (nSPS) is 15.8. The number of nitrogens with zero attached hydrogens (tertiary/aromatic N) is 1. The quantitative estimate of drug-likeness (QED) is 0.512. The van der Waals surface area contributed by atoms with Gasteiger partial charge in [-0.3, -0.25) is 10.3 Å². The molecule has 0 aromatic rings. The van der Waals surface area contributed by atoms with E-state index in [1.165, 1.54) is 11.1 Å². The van der Waals surface area contributed by atoms with E-state index in [0.29, 0.717) is 0 Å². The topological polar surface area (TPSA) is 24.4 Å². The van der Waals surface area contributed by atoms with Crippen LogP contribution in [0.15, 0.2) is 16.1 Å². The summed E-state index contributed by atoms with van der Waals surface area (Å²) in [5, 5.41) is 3.19. The predicted octanol–water partition coefficient (Wildman–Crippen LogP) is 3.15. The minimum absolute atomic E-state index is 0.277. The number of aliphatic imine (C=N–C) groups is 1. The van der Waals surface area contributed by atoms with Crippen LogP contribution in [0.5, 0.6) is 0 Å². The molecule has 1 atom stereocenters. The summed E-state index contributed by atoms with van der Waals surface area (Å²) in [5.74, 6) is 0. The Morgan fingerprint density at radius 1 is 1.36 bits per heavy atom. The molecule has 2 nitrogen and oxygen atoms in total. The zero-order chi connectivity index (χ0) is 11.0. The summed E-state index contributed by atoms with van der Waals surface area (Å²) in [7, 11) is 1.96. The van der Waals surface area contributed by atoms with Gasteiger partial charge in [0, 0.05) is 0 Å². The van der Waals surface area contributed by atoms with E-state index in [-0.39, 0.29) is 6.17 Å². The second-order valence-electron chi connectivity index (χ2n) is 3.66. The maximum Gasteiger partial charge on any atom is 0.0990 e. The van der Waals surface area contributed by atoms with Crippen molar-refractivity contribution in [2.45, 2.75) is 53.1 Å². The van der Waals surface area contributed by atoms with Crippen LogP contribution >= 0.6 is 0 Å². The summed E-state index contributed by atoms with van der Waals surface area (Å²) >= 11 is 0. The number of rotatable bonds is 6. The molecule has 0 bridgehead atoms. The average molecular weight is 196 g/mol. The summed E-state index contributed by atoms with van der Waals surface area (Å²) in [6.07, 6.45) is 5.53. The van der Waals surface area contributed by atoms with Gasteiger partial charge >= 0.3 is 0 Å². The molecule has 0 heterocycles. The monoisotopic (exact) mass is 196 g/mol. The van der Waals surface area contributed by atoms with Crippen molar-refractivity contribution < 1.29 is 0 Å². The standard InChI is InChI=1S/C12H24N2/c1-6-10(3)11(4)8-9-12(13-5)14-7-2/h7,12-13H,6,8-9H2,1-5H3/b11-10-,14-7?. The molecular weight excluding hydrogens is 172 g/mol. The van der Waals surface area contributed by atoms with Crippen molar-refractivity contribution in [3.8, 4) is 0 Å². The van der Waals surface area contributed by atoms with Crippen molar-refractivity contribution in [3.05, 3.63) is 11.1 Å². The van der Waals surface area contributed by atoms with Gasteiger partial charge in [-0.1, -0.05) is 18.1 Å². The van der Waals surface area contributed by atoms with Crippen LogP contribution in [0.1, 0.15) is 47.0 Å². The first-order valence-electron chi connectivity index (χ1n) is 5.45. The van der Waals surface area contributed by atoms with Crippen LogP contribution in [0.3, 0.4) is 0 Å². The molecule has 0 aliphatic heterocycles. The molecule has 0 saturated carbocycles. The Morgan fingerprint density at radius 2 is 2.00 bits per heavy atom. The first kappa shape index (κ1) is 13.4. The molecule has 2 heteroatoms. The van der Waals surface area contributed by atoms with Crippen LogP contribution in [0.2, 0.25) is 0 Å². The Hall–Kier alpha value is -0.630. The van der Waals surface area contributed by atoms with Crippen LogP contribution in [0, 0.1) is 0 Å². The molecule has 0 aromatic heterocycles. The maximum absolute atomic E-state index is 4.34. The molecule has 0 aromatic carbocycles. The fourth-order valence-corrected chi connectivity index (χ4v) is 1.34. The molecule has 0 amide bonds. The zero-order valence-corrected chi connectivity index (χ0v) is 10.2. The minimum atomic E-state index is 0.277. The summed E-state index contributed by atoms with van der Waals surface area (Å²) in [5.41, 5.74) is 3.03.